The van der Waals surface area contributed by atoms with Crippen LogP contribution in [0.3, 0.4) is 0 Å². The van der Waals surface area contributed by atoms with E-state index < -0.39 is 0 Å². The minimum absolute atomic E-state index is 0.187. The van der Waals surface area contributed by atoms with E-state index >= 15 is 0 Å². The van der Waals surface area contributed by atoms with Crippen LogP contribution >= 0.6 is 12.2 Å². The van der Waals surface area contributed by atoms with E-state index in [1.54, 1.807) is 0 Å². The summed E-state index contributed by atoms with van der Waals surface area (Å²) in [4.78, 5) is 2.77. The number of aliphatic hydroxyl groups is 1. The van der Waals surface area contributed by atoms with Crippen LogP contribution in [0, 0.1) is 6.92 Å². The number of hydrogen-bond donors (Lipinski definition) is 2. The zero-order valence-corrected chi connectivity index (χ0v) is 12.2. The number of thiocarbonyl (C=S) groups is 1. The SMILES string of the molecule is Cc1cc(N(CCO)C2CCCC2)ccc1C(N)=S. The highest BCUT2D eigenvalue weighted by molar-refractivity contribution is 7.80. The zero-order valence-electron chi connectivity index (χ0n) is 11.4. The first-order chi connectivity index (χ1) is 9.13. The Bertz CT molecular complexity index is 455. The van der Waals surface area contributed by atoms with E-state index in [2.05, 4.69) is 17.0 Å². The van der Waals surface area contributed by atoms with Crippen molar-refractivity contribution in [2.45, 2.75) is 38.6 Å². The Morgan fingerprint density at radius 2 is 2.11 bits per heavy atom. The van der Waals surface area contributed by atoms with Crippen molar-refractivity contribution in [2.75, 3.05) is 18.1 Å². The third kappa shape index (κ3) is 3.25. The zero-order chi connectivity index (χ0) is 13.8. The molecule has 1 aromatic rings. The minimum atomic E-state index is 0.187. The third-order valence-corrected chi connectivity index (χ3v) is 4.13. The number of hydrogen-bond acceptors (Lipinski definition) is 3. The van der Waals surface area contributed by atoms with E-state index in [0.717, 1.165) is 11.1 Å². The van der Waals surface area contributed by atoms with E-state index in [1.165, 1.54) is 31.4 Å². The Balaban J connectivity index is 2.26. The molecule has 104 valence electrons. The average Bonchev–Trinajstić information content (AvgIpc) is 2.89. The lowest BCUT2D eigenvalue weighted by molar-refractivity contribution is 0.297. The Labute approximate surface area is 120 Å². The summed E-state index contributed by atoms with van der Waals surface area (Å²) in [6.07, 6.45) is 5.01. The van der Waals surface area contributed by atoms with Crippen LogP contribution in [0.5, 0.6) is 0 Å². The minimum Gasteiger partial charge on any atom is -0.395 e. The van der Waals surface area contributed by atoms with Gasteiger partial charge in [0.1, 0.15) is 4.99 Å². The maximum Gasteiger partial charge on any atom is 0.104 e. The fourth-order valence-corrected chi connectivity index (χ4v) is 3.18. The van der Waals surface area contributed by atoms with Gasteiger partial charge in [0.2, 0.25) is 0 Å². The van der Waals surface area contributed by atoms with Crippen LogP contribution in [-0.4, -0.2) is 29.3 Å². The Morgan fingerprint density at radius 3 is 2.63 bits per heavy atom. The van der Waals surface area contributed by atoms with E-state index in [9.17, 15) is 5.11 Å². The van der Waals surface area contributed by atoms with Crippen LogP contribution in [0.4, 0.5) is 5.69 Å². The molecule has 1 aromatic carbocycles. The molecule has 0 unspecified atom stereocenters. The maximum atomic E-state index is 9.29. The maximum absolute atomic E-state index is 9.29. The molecule has 0 aromatic heterocycles. The van der Waals surface area contributed by atoms with Gasteiger partial charge in [0.15, 0.2) is 0 Å². The van der Waals surface area contributed by atoms with Gasteiger partial charge in [-0.2, -0.15) is 0 Å². The molecule has 19 heavy (non-hydrogen) atoms. The molecule has 0 radical (unpaired) electrons. The van der Waals surface area contributed by atoms with Crippen molar-refractivity contribution in [1.29, 1.82) is 0 Å². The van der Waals surface area contributed by atoms with Crippen LogP contribution < -0.4 is 10.6 Å². The second-order valence-corrected chi connectivity index (χ2v) is 5.66. The van der Waals surface area contributed by atoms with Crippen LogP contribution in [0.1, 0.15) is 36.8 Å². The first kappa shape index (κ1) is 14.3. The van der Waals surface area contributed by atoms with E-state index in [1.807, 2.05) is 13.0 Å². The molecule has 0 amide bonds. The predicted octanol–water partition coefficient (Wildman–Crippen LogP) is 2.37. The fraction of sp³-hybridized carbons (Fsp3) is 0.533. The van der Waals surface area contributed by atoms with Crippen molar-refractivity contribution in [3.05, 3.63) is 29.3 Å². The summed E-state index contributed by atoms with van der Waals surface area (Å²) in [7, 11) is 0. The lowest BCUT2D eigenvalue weighted by Crippen LogP contribution is -2.35. The monoisotopic (exact) mass is 278 g/mol. The normalized spacial score (nSPS) is 15.7. The Kier molecular flexibility index (Phi) is 4.77. The van der Waals surface area contributed by atoms with E-state index in [-0.39, 0.29) is 6.61 Å². The van der Waals surface area contributed by atoms with E-state index in [4.69, 9.17) is 18.0 Å². The quantitative estimate of drug-likeness (QED) is 0.812. The molecule has 3 N–H and O–H groups in total. The van der Waals surface area contributed by atoms with Gasteiger partial charge in [-0.3, -0.25) is 0 Å². The van der Waals surface area contributed by atoms with Crippen molar-refractivity contribution in [2.24, 2.45) is 5.73 Å². The van der Waals surface area contributed by atoms with Gasteiger partial charge in [-0.1, -0.05) is 25.1 Å². The molecular formula is C15H22N2OS. The third-order valence-electron chi connectivity index (χ3n) is 3.91. The average molecular weight is 278 g/mol. The molecule has 1 saturated carbocycles. The molecule has 0 bridgehead atoms. The summed E-state index contributed by atoms with van der Waals surface area (Å²) in [5, 5.41) is 9.29. The molecule has 3 nitrogen and oxygen atoms in total. The number of nitrogens with zero attached hydrogens (tertiary/aromatic N) is 1. The van der Waals surface area contributed by atoms with E-state index in [0.29, 0.717) is 17.6 Å². The molecule has 1 aliphatic carbocycles. The van der Waals surface area contributed by atoms with Crippen LogP contribution in [-0.2, 0) is 0 Å². The molecule has 4 heteroatoms. The standard InChI is InChI=1S/C15H22N2OS/c1-11-10-13(6-7-14(11)15(16)19)17(8-9-18)12-4-2-3-5-12/h6-7,10,12,18H,2-5,8-9H2,1H3,(H2,16,19). The largest absolute Gasteiger partial charge is 0.395 e. The van der Waals surface area contributed by atoms with Gasteiger partial charge in [0, 0.05) is 23.8 Å². The molecule has 2 rings (SSSR count). The summed E-state index contributed by atoms with van der Waals surface area (Å²) >= 11 is 5.04. The number of rotatable bonds is 5. The Morgan fingerprint density at radius 1 is 1.42 bits per heavy atom. The summed E-state index contributed by atoms with van der Waals surface area (Å²) < 4.78 is 0. The summed E-state index contributed by atoms with van der Waals surface area (Å²) in [5.41, 5.74) is 8.91. The first-order valence-electron chi connectivity index (χ1n) is 6.91. The van der Waals surface area contributed by atoms with Gasteiger partial charge in [0.05, 0.1) is 6.61 Å². The number of aryl methyl sites for hydroxylation is 1. The summed E-state index contributed by atoms with van der Waals surface area (Å²) in [6.45, 7) is 2.91. The summed E-state index contributed by atoms with van der Waals surface area (Å²) in [6, 6.07) is 6.74. The predicted molar refractivity (Wildman–Crippen MR) is 83.8 cm³/mol. The molecule has 0 saturated heterocycles. The molecule has 0 heterocycles. The number of anilines is 1. The Hall–Kier alpha value is -1.13. The molecule has 0 atom stereocenters. The topological polar surface area (TPSA) is 49.5 Å². The lowest BCUT2D eigenvalue weighted by Gasteiger charge is -2.31. The number of nitrogens with two attached hydrogens (primary N) is 1. The second-order valence-electron chi connectivity index (χ2n) is 5.22. The van der Waals surface area contributed by atoms with Crippen molar-refractivity contribution in [3.8, 4) is 0 Å². The highest BCUT2D eigenvalue weighted by atomic mass is 32.1. The molecule has 0 spiro atoms. The van der Waals surface area contributed by atoms with Crippen molar-refractivity contribution >= 4 is 22.9 Å². The van der Waals surface area contributed by atoms with Gasteiger partial charge in [-0.15, -0.1) is 0 Å². The van der Waals surface area contributed by atoms with Gasteiger partial charge in [0.25, 0.3) is 0 Å². The van der Waals surface area contributed by atoms with Gasteiger partial charge < -0.3 is 15.7 Å². The lowest BCUT2D eigenvalue weighted by atomic mass is 10.1. The van der Waals surface area contributed by atoms with Crippen LogP contribution in [0.2, 0.25) is 0 Å². The van der Waals surface area contributed by atoms with Crippen molar-refractivity contribution in [3.63, 3.8) is 0 Å². The van der Waals surface area contributed by atoms with Gasteiger partial charge >= 0.3 is 0 Å². The molecular weight excluding hydrogens is 256 g/mol. The van der Waals surface area contributed by atoms with Crippen LogP contribution in [0.25, 0.3) is 0 Å². The molecule has 1 fully saturated rings. The smallest absolute Gasteiger partial charge is 0.104 e. The van der Waals surface area contributed by atoms with Crippen molar-refractivity contribution in [1.82, 2.24) is 0 Å². The fourth-order valence-electron chi connectivity index (χ4n) is 2.95. The summed E-state index contributed by atoms with van der Waals surface area (Å²) in [5.74, 6) is 0. The van der Waals surface area contributed by atoms with Gasteiger partial charge in [-0.05, 0) is 43.5 Å². The highest BCUT2D eigenvalue weighted by Gasteiger charge is 2.22. The number of benzene rings is 1. The molecule has 1 aliphatic rings. The van der Waals surface area contributed by atoms with Crippen LogP contribution in [0.15, 0.2) is 18.2 Å². The van der Waals surface area contributed by atoms with Gasteiger partial charge in [-0.25, -0.2) is 0 Å². The van der Waals surface area contributed by atoms with Crippen molar-refractivity contribution < 1.29 is 5.11 Å². The molecule has 0 aliphatic heterocycles. The highest BCUT2D eigenvalue weighted by Crippen LogP contribution is 2.29. The second kappa shape index (κ2) is 6.35. The first-order valence-corrected chi connectivity index (χ1v) is 7.32. The number of aliphatic hydroxyl groups excluding tert-OH is 1.